The first kappa shape index (κ1) is 13.2. The molecule has 0 spiro atoms. The van der Waals surface area contributed by atoms with Crippen molar-refractivity contribution in [3.05, 3.63) is 35.4 Å². The summed E-state index contributed by atoms with van der Waals surface area (Å²) < 4.78 is 0. The van der Waals surface area contributed by atoms with Crippen molar-refractivity contribution in [1.82, 2.24) is 5.32 Å². The molecule has 0 aliphatic carbocycles. The summed E-state index contributed by atoms with van der Waals surface area (Å²) in [5.41, 5.74) is 2.54. The lowest BCUT2D eigenvalue weighted by Gasteiger charge is -2.25. The minimum Gasteiger partial charge on any atom is -0.395 e. The second-order valence-corrected chi connectivity index (χ2v) is 4.83. The lowest BCUT2D eigenvalue weighted by molar-refractivity contribution is 0.201. The number of benzene rings is 1. The average molecular weight is 221 g/mol. The maximum Gasteiger partial charge on any atom is 0.0587 e. The summed E-state index contributed by atoms with van der Waals surface area (Å²) in [4.78, 5) is 0. The van der Waals surface area contributed by atoms with Gasteiger partial charge >= 0.3 is 0 Å². The molecule has 0 heterocycles. The minimum atomic E-state index is 0.163. The van der Waals surface area contributed by atoms with E-state index in [0.717, 1.165) is 0 Å². The van der Waals surface area contributed by atoms with Gasteiger partial charge in [0.1, 0.15) is 0 Å². The number of hydrogen-bond acceptors (Lipinski definition) is 2. The van der Waals surface area contributed by atoms with Gasteiger partial charge in [-0.05, 0) is 25.3 Å². The number of nitrogens with one attached hydrogen (secondary N) is 1. The molecule has 1 aromatic rings. The fourth-order valence-electron chi connectivity index (χ4n) is 1.73. The van der Waals surface area contributed by atoms with E-state index in [0.29, 0.717) is 5.92 Å². The highest BCUT2D eigenvalue weighted by atomic mass is 16.3. The molecule has 2 nitrogen and oxygen atoms in total. The van der Waals surface area contributed by atoms with E-state index in [1.54, 1.807) is 0 Å². The van der Waals surface area contributed by atoms with Gasteiger partial charge < -0.3 is 10.4 Å². The molecule has 0 aliphatic rings. The molecule has 0 bridgehead atoms. The molecule has 0 aliphatic heterocycles. The van der Waals surface area contributed by atoms with Crippen LogP contribution in [-0.4, -0.2) is 17.8 Å². The second-order valence-electron chi connectivity index (χ2n) is 4.83. The lowest BCUT2D eigenvalue weighted by Crippen LogP contribution is -2.38. The fraction of sp³-hybridized carbons (Fsp3) is 0.571. The van der Waals surface area contributed by atoms with Crippen molar-refractivity contribution in [2.75, 3.05) is 6.61 Å². The molecule has 0 radical (unpaired) electrons. The molecule has 1 rings (SSSR count). The molecular weight excluding hydrogens is 198 g/mol. The van der Waals surface area contributed by atoms with E-state index < -0.39 is 0 Å². The molecule has 2 heteroatoms. The molecule has 0 saturated heterocycles. The quantitative estimate of drug-likeness (QED) is 0.801. The van der Waals surface area contributed by atoms with E-state index in [4.69, 9.17) is 0 Å². The molecule has 16 heavy (non-hydrogen) atoms. The van der Waals surface area contributed by atoms with Crippen LogP contribution in [-0.2, 0) is 0 Å². The maximum absolute atomic E-state index is 9.27. The van der Waals surface area contributed by atoms with Gasteiger partial charge in [-0.1, -0.05) is 43.7 Å². The molecule has 2 atom stereocenters. The second kappa shape index (κ2) is 6.02. The highest BCUT2D eigenvalue weighted by molar-refractivity contribution is 5.23. The van der Waals surface area contributed by atoms with Crippen LogP contribution >= 0.6 is 0 Å². The van der Waals surface area contributed by atoms with E-state index >= 15 is 0 Å². The van der Waals surface area contributed by atoms with Crippen LogP contribution < -0.4 is 5.32 Å². The first-order valence-electron chi connectivity index (χ1n) is 5.98. The molecule has 0 fully saturated rings. The van der Waals surface area contributed by atoms with Gasteiger partial charge in [-0.15, -0.1) is 0 Å². The topological polar surface area (TPSA) is 32.3 Å². The number of rotatable bonds is 5. The Kier molecular flexibility index (Phi) is 4.97. The zero-order chi connectivity index (χ0) is 12.1. The van der Waals surface area contributed by atoms with Crippen molar-refractivity contribution in [3.63, 3.8) is 0 Å². The van der Waals surface area contributed by atoms with Crippen LogP contribution in [0.4, 0.5) is 0 Å². The third-order valence-electron chi connectivity index (χ3n) is 3.04. The Morgan fingerprint density at radius 1 is 1.12 bits per heavy atom. The van der Waals surface area contributed by atoms with E-state index in [1.165, 1.54) is 11.1 Å². The Balaban J connectivity index is 2.64. The number of hydrogen-bond donors (Lipinski definition) is 2. The van der Waals surface area contributed by atoms with Gasteiger partial charge in [-0.3, -0.25) is 0 Å². The standard InChI is InChI=1S/C14H23NO/c1-10(2)14(9-16)15-12(4)13-7-5-11(3)6-8-13/h5-8,10,12,14-16H,9H2,1-4H3/t12?,14-/m1/s1. The van der Waals surface area contributed by atoms with Gasteiger partial charge in [0.25, 0.3) is 0 Å². The SMILES string of the molecule is Cc1ccc(C(C)N[C@H](CO)C(C)C)cc1. The summed E-state index contributed by atoms with van der Waals surface area (Å²) in [5, 5.41) is 12.7. The predicted molar refractivity (Wildman–Crippen MR) is 68.4 cm³/mol. The lowest BCUT2D eigenvalue weighted by atomic mass is 10.0. The van der Waals surface area contributed by atoms with Gasteiger partial charge in [0.15, 0.2) is 0 Å². The number of aliphatic hydroxyl groups is 1. The van der Waals surface area contributed by atoms with Crippen molar-refractivity contribution in [3.8, 4) is 0 Å². The largest absolute Gasteiger partial charge is 0.395 e. The summed E-state index contributed by atoms with van der Waals surface area (Å²) >= 11 is 0. The third kappa shape index (κ3) is 3.62. The molecular formula is C14H23NO. The van der Waals surface area contributed by atoms with Gasteiger partial charge in [0, 0.05) is 12.1 Å². The van der Waals surface area contributed by atoms with E-state index in [-0.39, 0.29) is 18.7 Å². The average Bonchev–Trinajstić information content (AvgIpc) is 2.26. The first-order valence-corrected chi connectivity index (χ1v) is 5.98. The maximum atomic E-state index is 9.27. The molecule has 0 amide bonds. The van der Waals surface area contributed by atoms with Crippen molar-refractivity contribution >= 4 is 0 Å². The van der Waals surface area contributed by atoms with Crippen LogP contribution in [0.2, 0.25) is 0 Å². The Hall–Kier alpha value is -0.860. The number of aliphatic hydroxyl groups excluding tert-OH is 1. The normalized spacial score (nSPS) is 15.1. The van der Waals surface area contributed by atoms with Gasteiger partial charge in [0.2, 0.25) is 0 Å². The summed E-state index contributed by atoms with van der Waals surface area (Å²) in [5.74, 6) is 0.442. The summed E-state index contributed by atoms with van der Waals surface area (Å²) in [6.45, 7) is 8.65. The summed E-state index contributed by atoms with van der Waals surface area (Å²) in [7, 11) is 0. The van der Waals surface area contributed by atoms with E-state index in [1.807, 2.05) is 0 Å². The molecule has 90 valence electrons. The zero-order valence-corrected chi connectivity index (χ0v) is 10.7. The first-order chi connectivity index (χ1) is 7.54. The molecule has 1 unspecified atom stereocenters. The van der Waals surface area contributed by atoms with Crippen molar-refractivity contribution in [2.45, 2.75) is 39.8 Å². The Morgan fingerprint density at radius 3 is 2.12 bits per heavy atom. The number of aryl methyl sites for hydroxylation is 1. The molecule has 0 aromatic heterocycles. The van der Waals surface area contributed by atoms with Crippen molar-refractivity contribution in [1.29, 1.82) is 0 Å². The fourth-order valence-corrected chi connectivity index (χ4v) is 1.73. The Bertz CT molecular complexity index is 305. The Morgan fingerprint density at radius 2 is 1.69 bits per heavy atom. The van der Waals surface area contributed by atoms with Crippen LogP contribution in [0, 0.1) is 12.8 Å². The van der Waals surface area contributed by atoms with E-state index in [9.17, 15) is 5.11 Å². The van der Waals surface area contributed by atoms with Crippen molar-refractivity contribution < 1.29 is 5.11 Å². The van der Waals surface area contributed by atoms with Crippen LogP contribution in [0.1, 0.15) is 37.9 Å². The van der Waals surface area contributed by atoms with Crippen LogP contribution in [0.3, 0.4) is 0 Å². The summed E-state index contributed by atoms with van der Waals surface area (Å²) in [6.07, 6.45) is 0. The van der Waals surface area contributed by atoms with Gasteiger partial charge in [-0.2, -0.15) is 0 Å². The zero-order valence-electron chi connectivity index (χ0n) is 10.7. The highest BCUT2D eigenvalue weighted by Crippen LogP contribution is 2.15. The molecule has 0 saturated carbocycles. The van der Waals surface area contributed by atoms with Crippen LogP contribution in [0.25, 0.3) is 0 Å². The smallest absolute Gasteiger partial charge is 0.0587 e. The monoisotopic (exact) mass is 221 g/mol. The minimum absolute atomic E-state index is 0.163. The Labute approximate surface area is 98.7 Å². The van der Waals surface area contributed by atoms with Crippen LogP contribution in [0.15, 0.2) is 24.3 Å². The predicted octanol–water partition coefficient (Wildman–Crippen LogP) is 2.66. The molecule has 1 aromatic carbocycles. The summed E-state index contributed by atoms with van der Waals surface area (Å²) in [6, 6.07) is 8.97. The highest BCUT2D eigenvalue weighted by Gasteiger charge is 2.15. The van der Waals surface area contributed by atoms with Gasteiger partial charge in [-0.25, -0.2) is 0 Å². The van der Waals surface area contributed by atoms with E-state index in [2.05, 4.69) is 57.3 Å². The van der Waals surface area contributed by atoms with Crippen molar-refractivity contribution in [2.24, 2.45) is 5.92 Å². The third-order valence-corrected chi connectivity index (χ3v) is 3.04. The molecule has 2 N–H and O–H groups in total. The van der Waals surface area contributed by atoms with Gasteiger partial charge in [0.05, 0.1) is 6.61 Å². The van der Waals surface area contributed by atoms with Crippen LogP contribution in [0.5, 0.6) is 0 Å².